The van der Waals surface area contributed by atoms with E-state index in [4.69, 9.17) is 0 Å². The van der Waals surface area contributed by atoms with Gasteiger partial charge in [0.15, 0.2) is 0 Å². The van der Waals surface area contributed by atoms with Crippen molar-refractivity contribution in [3.63, 3.8) is 0 Å². The number of fused-ring (bicyclic) bond motifs is 1. The number of benzene rings is 2. The molecule has 1 aliphatic rings. The molecule has 3 rings (SSSR count). The van der Waals surface area contributed by atoms with Crippen molar-refractivity contribution in [2.45, 2.75) is 27.2 Å². The van der Waals surface area contributed by atoms with Gasteiger partial charge in [0.1, 0.15) is 0 Å². The molecule has 0 spiro atoms. The number of anilines is 2. The summed E-state index contributed by atoms with van der Waals surface area (Å²) in [6, 6.07) is 10.6. The van der Waals surface area contributed by atoms with Crippen LogP contribution in [0.2, 0.25) is 0 Å². The highest BCUT2D eigenvalue weighted by Crippen LogP contribution is 2.29. The van der Waals surface area contributed by atoms with Gasteiger partial charge < -0.3 is 15.5 Å². The van der Waals surface area contributed by atoms with Crippen molar-refractivity contribution >= 4 is 29.1 Å². The van der Waals surface area contributed by atoms with E-state index in [-0.39, 0.29) is 17.7 Å². The van der Waals surface area contributed by atoms with Gasteiger partial charge in [-0.2, -0.15) is 0 Å². The summed E-state index contributed by atoms with van der Waals surface area (Å²) in [4.78, 5) is 38.1. The van der Waals surface area contributed by atoms with Gasteiger partial charge in [-0.05, 0) is 61.7 Å². The average molecular weight is 365 g/mol. The highest BCUT2D eigenvalue weighted by molar-refractivity contribution is 6.06. The normalized spacial score (nSPS) is 12.5. The van der Waals surface area contributed by atoms with Crippen LogP contribution in [-0.2, 0) is 11.2 Å². The van der Waals surface area contributed by atoms with E-state index >= 15 is 0 Å². The first-order valence-electron chi connectivity index (χ1n) is 9.02. The fraction of sp³-hybridized carbons (Fsp3) is 0.286. The van der Waals surface area contributed by atoms with Gasteiger partial charge in [-0.3, -0.25) is 14.4 Å². The molecule has 0 unspecified atom stereocenters. The van der Waals surface area contributed by atoms with E-state index in [1.165, 1.54) is 0 Å². The third-order valence-corrected chi connectivity index (χ3v) is 4.70. The van der Waals surface area contributed by atoms with Gasteiger partial charge in [0, 0.05) is 42.5 Å². The van der Waals surface area contributed by atoms with Crippen molar-refractivity contribution in [3.8, 4) is 0 Å². The summed E-state index contributed by atoms with van der Waals surface area (Å²) in [5.41, 5.74) is 4.37. The van der Waals surface area contributed by atoms with Crippen molar-refractivity contribution in [1.82, 2.24) is 5.32 Å². The summed E-state index contributed by atoms with van der Waals surface area (Å²) in [7, 11) is 0. The van der Waals surface area contributed by atoms with Crippen LogP contribution in [0.15, 0.2) is 36.4 Å². The zero-order valence-corrected chi connectivity index (χ0v) is 15.8. The van der Waals surface area contributed by atoms with Crippen molar-refractivity contribution in [2.75, 3.05) is 23.3 Å². The maximum atomic E-state index is 12.7. The molecule has 2 N–H and O–H groups in total. The second-order valence-corrected chi connectivity index (χ2v) is 6.61. The zero-order chi connectivity index (χ0) is 19.6. The van der Waals surface area contributed by atoms with Crippen molar-refractivity contribution in [2.24, 2.45) is 0 Å². The minimum atomic E-state index is -0.241. The number of carbonyl (C=O) groups is 3. The van der Waals surface area contributed by atoms with Crippen LogP contribution in [-0.4, -0.2) is 30.8 Å². The van der Waals surface area contributed by atoms with Crippen molar-refractivity contribution in [3.05, 3.63) is 58.7 Å². The van der Waals surface area contributed by atoms with E-state index in [9.17, 15) is 14.4 Å². The highest BCUT2D eigenvalue weighted by Gasteiger charge is 2.23. The van der Waals surface area contributed by atoms with E-state index in [1.807, 2.05) is 32.0 Å². The first kappa shape index (κ1) is 18.6. The number of hydrogen-bond donors (Lipinski definition) is 2. The molecule has 0 bridgehead atoms. The van der Waals surface area contributed by atoms with Gasteiger partial charge in [0.25, 0.3) is 11.8 Å². The molecule has 0 fully saturated rings. The number of carbonyl (C=O) groups excluding carboxylic acids is 3. The number of hydrogen-bond acceptors (Lipinski definition) is 3. The molecule has 1 aliphatic heterocycles. The van der Waals surface area contributed by atoms with Crippen LogP contribution in [0.1, 0.15) is 45.7 Å². The molecule has 0 radical (unpaired) electrons. The number of nitrogens with one attached hydrogen (secondary N) is 2. The molecule has 3 amide bonds. The largest absolute Gasteiger partial charge is 0.352 e. The standard InChI is InChI=1S/C21H23N3O3/c1-4-22-20(26)17-6-5-13(2)18(12-17)23-21(27)16-7-8-19-15(11-16)9-10-24(19)14(3)25/h5-8,11-12H,4,9-10H2,1-3H3,(H,22,26)(H,23,27). The monoisotopic (exact) mass is 365 g/mol. The molecule has 0 aliphatic carbocycles. The van der Waals surface area contributed by atoms with Gasteiger partial charge in [-0.15, -0.1) is 0 Å². The average Bonchev–Trinajstić information content (AvgIpc) is 3.07. The lowest BCUT2D eigenvalue weighted by molar-refractivity contribution is -0.116. The molecule has 6 heteroatoms. The van der Waals surface area contributed by atoms with Crippen LogP contribution in [0.5, 0.6) is 0 Å². The summed E-state index contributed by atoms with van der Waals surface area (Å²) in [5, 5.41) is 5.64. The first-order chi connectivity index (χ1) is 12.9. The van der Waals surface area contributed by atoms with E-state index < -0.39 is 0 Å². The summed E-state index contributed by atoms with van der Waals surface area (Å²) in [5.74, 6) is -0.408. The molecule has 1 heterocycles. The number of amides is 3. The lowest BCUT2D eigenvalue weighted by atomic mass is 10.1. The predicted octanol–water partition coefficient (Wildman–Crippen LogP) is 2.91. The summed E-state index contributed by atoms with van der Waals surface area (Å²) >= 11 is 0. The first-order valence-corrected chi connectivity index (χ1v) is 9.02. The number of rotatable bonds is 4. The van der Waals surface area contributed by atoms with Crippen LogP contribution >= 0.6 is 0 Å². The highest BCUT2D eigenvalue weighted by atomic mass is 16.2. The Morgan fingerprint density at radius 3 is 2.44 bits per heavy atom. The van der Waals surface area contributed by atoms with Crippen LogP contribution in [0.25, 0.3) is 0 Å². The molecule has 0 saturated carbocycles. The molecule has 0 atom stereocenters. The summed E-state index contributed by atoms with van der Waals surface area (Å²) in [6.45, 7) is 6.46. The van der Waals surface area contributed by atoms with Crippen LogP contribution in [0, 0.1) is 6.92 Å². The Morgan fingerprint density at radius 1 is 1.04 bits per heavy atom. The van der Waals surface area contributed by atoms with Crippen molar-refractivity contribution in [1.29, 1.82) is 0 Å². The Kier molecular flexibility index (Phi) is 5.26. The Bertz CT molecular complexity index is 921. The Morgan fingerprint density at radius 2 is 1.74 bits per heavy atom. The van der Waals surface area contributed by atoms with E-state index in [0.29, 0.717) is 29.9 Å². The predicted molar refractivity (Wildman–Crippen MR) is 105 cm³/mol. The third-order valence-electron chi connectivity index (χ3n) is 4.70. The molecular weight excluding hydrogens is 342 g/mol. The second-order valence-electron chi connectivity index (χ2n) is 6.61. The molecule has 6 nitrogen and oxygen atoms in total. The van der Waals surface area contributed by atoms with Crippen LogP contribution in [0.4, 0.5) is 11.4 Å². The van der Waals surface area contributed by atoms with Gasteiger partial charge in [-0.25, -0.2) is 0 Å². The van der Waals surface area contributed by atoms with E-state index in [2.05, 4.69) is 10.6 Å². The van der Waals surface area contributed by atoms with Crippen LogP contribution in [0.3, 0.4) is 0 Å². The fourth-order valence-corrected chi connectivity index (χ4v) is 3.23. The maximum Gasteiger partial charge on any atom is 0.255 e. The van der Waals surface area contributed by atoms with Crippen LogP contribution < -0.4 is 15.5 Å². The molecule has 140 valence electrons. The number of aryl methyl sites for hydroxylation is 1. The van der Waals surface area contributed by atoms with Gasteiger partial charge in [-0.1, -0.05) is 6.07 Å². The van der Waals surface area contributed by atoms with Gasteiger partial charge >= 0.3 is 0 Å². The summed E-state index contributed by atoms with van der Waals surface area (Å²) < 4.78 is 0. The SMILES string of the molecule is CCNC(=O)c1ccc(C)c(NC(=O)c2ccc3c(c2)CCN3C(C)=O)c1. The summed E-state index contributed by atoms with van der Waals surface area (Å²) in [6.07, 6.45) is 0.738. The minimum Gasteiger partial charge on any atom is -0.352 e. The Labute approximate surface area is 158 Å². The number of nitrogens with zero attached hydrogens (tertiary/aromatic N) is 1. The lowest BCUT2D eigenvalue weighted by Gasteiger charge is -2.15. The van der Waals surface area contributed by atoms with Gasteiger partial charge in [0.05, 0.1) is 0 Å². The second kappa shape index (κ2) is 7.61. The third kappa shape index (κ3) is 3.84. The van der Waals surface area contributed by atoms with E-state index in [0.717, 1.165) is 23.2 Å². The molecule has 2 aromatic rings. The Balaban J connectivity index is 1.81. The molecule has 0 saturated heterocycles. The minimum absolute atomic E-state index is 0.00347. The molecule has 27 heavy (non-hydrogen) atoms. The van der Waals surface area contributed by atoms with Gasteiger partial charge in [0.2, 0.25) is 5.91 Å². The Hall–Kier alpha value is -3.15. The smallest absolute Gasteiger partial charge is 0.255 e. The molecule has 2 aromatic carbocycles. The zero-order valence-electron chi connectivity index (χ0n) is 15.8. The quantitative estimate of drug-likeness (QED) is 0.874. The lowest BCUT2D eigenvalue weighted by Crippen LogP contribution is -2.25. The fourth-order valence-electron chi connectivity index (χ4n) is 3.23. The van der Waals surface area contributed by atoms with E-state index in [1.54, 1.807) is 30.0 Å². The maximum absolute atomic E-state index is 12.7. The molecule has 0 aromatic heterocycles. The van der Waals surface area contributed by atoms with Crippen molar-refractivity contribution < 1.29 is 14.4 Å². The molecular formula is C21H23N3O3. The topological polar surface area (TPSA) is 78.5 Å².